The highest BCUT2D eigenvalue weighted by molar-refractivity contribution is 5.89. The van der Waals surface area contributed by atoms with E-state index in [1.807, 2.05) is 31.2 Å². The smallest absolute Gasteiger partial charge is 0.331 e. The molecule has 5 heteroatoms. The van der Waals surface area contributed by atoms with Crippen LogP contribution in [-0.4, -0.2) is 31.1 Å². The number of esters is 1. The van der Waals surface area contributed by atoms with Gasteiger partial charge in [0.15, 0.2) is 6.61 Å². The first kappa shape index (κ1) is 19.0. The zero-order valence-electron chi connectivity index (χ0n) is 15.0. The highest BCUT2D eigenvalue weighted by atomic mass is 16.5. The van der Waals surface area contributed by atoms with E-state index in [0.29, 0.717) is 18.3 Å². The Bertz CT molecular complexity index is 611. The number of hydrogen-bond donors (Lipinski definition) is 1. The van der Waals surface area contributed by atoms with Crippen LogP contribution in [0.3, 0.4) is 0 Å². The van der Waals surface area contributed by atoms with Crippen molar-refractivity contribution >= 4 is 18.0 Å². The molecule has 1 N–H and O–H groups in total. The number of ether oxygens (including phenoxy) is 2. The quantitative estimate of drug-likeness (QED) is 0.608. The molecule has 0 heterocycles. The molecule has 25 heavy (non-hydrogen) atoms. The first-order chi connectivity index (χ1) is 12.1. The third kappa shape index (κ3) is 6.25. The summed E-state index contributed by atoms with van der Waals surface area (Å²) in [5.41, 5.74) is 0.793. The molecule has 136 valence electrons. The molecule has 1 aromatic carbocycles. The molecule has 5 nitrogen and oxygen atoms in total. The summed E-state index contributed by atoms with van der Waals surface area (Å²) in [5, 5.41) is 2.96. The Morgan fingerprint density at radius 1 is 1.24 bits per heavy atom. The van der Waals surface area contributed by atoms with Gasteiger partial charge in [-0.05, 0) is 37.8 Å². The molecule has 0 spiro atoms. The van der Waals surface area contributed by atoms with Gasteiger partial charge in [-0.25, -0.2) is 4.79 Å². The van der Waals surface area contributed by atoms with Crippen LogP contribution in [0.5, 0.6) is 5.75 Å². The minimum Gasteiger partial charge on any atom is -0.493 e. The molecule has 0 saturated heterocycles. The Morgan fingerprint density at radius 3 is 2.76 bits per heavy atom. The van der Waals surface area contributed by atoms with E-state index in [1.165, 1.54) is 12.5 Å². The van der Waals surface area contributed by atoms with Gasteiger partial charge in [0.05, 0.1) is 6.61 Å². The molecule has 2 atom stereocenters. The van der Waals surface area contributed by atoms with Gasteiger partial charge in [-0.2, -0.15) is 0 Å². The van der Waals surface area contributed by atoms with E-state index in [2.05, 4.69) is 12.2 Å². The van der Waals surface area contributed by atoms with Crippen LogP contribution in [0.1, 0.15) is 45.1 Å². The lowest BCUT2D eigenvalue weighted by atomic mass is 9.86. The van der Waals surface area contributed by atoms with Crippen molar-refractivity contribution in [2.45, 2.75) is 45.6 Å². The van der Waals surface area contributed by atoms with E-state index in [1.54, 1.807) is 6.08 Å². The van der Waals surface area contributed by atoms with E-state index < -0.39 is 5.97 Å². The van der Waals surface area contributed by atoms with Crippen molar-refractivity contribution in [1.29, 1.82) is 0 Å². The summed E-state index contributed by atoms with van der Waals surface area (Å²) in [6, 6.07) is 7.62. The number of amides is 1. The molecule has 0 aromatic heterocycles. The van der Waals surface area contributed by atoms with Gasteiger partial charge in [-0.15, -0.1) is 0 Å². The number of carbonyl (C=O) groups is 2. The van der Waals surface area contributed by atoms with Crippen LogP contribution < -0.4 is 10.1 Å². The maximum atomic E-state index is 11.9. The zero-order chi connectivity index (χ0) is 18.1. The lowest BCUT2D eigenvalue weighted by molar-refractivity contribution is -0.144. The zero-order valence-corrected chi connectivity index (χ0v) is 15.0. The number of carbonyl (C=O) groups excluding carboxylic acids is 2. The van der Waals surface area contributed by atoms with Gasteiger partial charge in [0.25, 0.3) is 5.91 Å². The first-order valence-electron chi connectivity index (χ1n) is 8.96. The molecule has 1 fully saturated rings. The SMILES string of the molecule is CCOc1ccccc1/C=C/C(=O)OCC(=O)N[C@H]1CCCC[C@H]1C. The number of hydrogen-bond acceptors (Lipinski definition) is 4. The number of para-hydroxylation sites is 1. The minimum absolute atomic E-state index is 0.188. The van der Waals surface area contributed by atoms with Crippen molar-refractivity contribution < 1.29 is 19.1 Å². The van der Waals surface area contributed by atoms with Gasteiger partial charge in [0.2, 0.25) is 0 Å². The van der Waals surface area contributed by atoms with Crippen molar-refractivity contribution in [3.05, 3.63) is 35.9 Å². The summed E-state index contributed by atoms with van der Waals surface area (Å²) < 4.78 is 10.5. The fraction of sp³-hybridized carbons (Fsp3) is 0.500. The maximum Gasteiger partial charge on any atom is 0.331 e. The number of rotatable bonds is 7. The van der Waals surface area contributed by atoms with Gasteiger partial charge in [0.1, 0.15) is 5.75 Å². The second-order valence-corrected chi connectivity index (χ2v) is 6.35. The summed E-state index contributed by atoms with van der Waals surface area (Å²) in [6.07, 6.45) is 7.43. The fourth-order valence-electron chi connectivity index (χ4n) is 3.03. The Hall–Kier alpha value is -2.30. The van der Waals surface area contributed by atoms with Gasteiger partial charge in [-0.1, -0.05) is 38.0 Å². The van der Waals surface area contributed by atoms with E-state index in [0.717, 1.165) is 24.8 Å². The normalized spacial score (nSPS) is 20.2. The molecule has 1 amide bonds. The third-order valence-corrected chi connectivity index (χ3v) is 4.42. The van der Waals surface area contributed by atoms with Crippen LogP contribution in [-0.2, 0) is 14.3 Å². The highest BCUT2D eigenvalue weighted by Crippen LogP contribution is 2.23. The first-order valence-corrected chi connectivity index (χ1v) is 8.96. The Labute approximate surface area is 149 Å². The molecule has 0 unspecified atom stereocenters. The average Bonchev–Trinajstić information content (AvgIpc) is 2.61. The number of nitrogens with one attached hydrogen (secondary N) is 1. The van der Waals surface area contributed by atoms with Crippen molar-refractivity contribution in [3.63, 3.8) is 0 Å². The van der Waals surface area contributed by atoms with Crippen LogP contribution in [0, 0.1) is 5.92 Å². The van der Waals surface area contributed by atoms with Gasteiger partial charge >= 0.3 is 5.97 Å². The maximum absolute atomic E-state index is 11.9. The van der Waals surface area contributed by atoms with Crippen LogP contribution in [0.25, 0.3) is 6.08 Å². The molecule has 1 aliphatic rings. The predicted molar refractivity (Wildman–Crippen MR) is 97.2 cm³/mol. The predicted octanol–water partition coefficient (Wildman–Crippen LogP) is 3.34. The molecule has 1 aliphatic carbocycles. The minimum atomic E-state index is -0.543. The number of benzene rings is 1. The Kier molecular flexibility index (Phi) is 7.51. The lowest BCUT2D eigenvalue weighted by Gasteiger charge is -2.29. The summed E-state index contributed by atoms with van der Waals surface area (Å²) in [4.78, 5) is 23.8. The topological polar surface area (TPSA) is 64.6 Å². The standard InChI is InChI=1S/C20H27NO4/c1-3-24-18-11-7-5-9-16(18)12-13-20(23)25-14-19(22)21-17-10-6-4-8-15(17)2/h5,7,9,11-13,15,17H,3-4,6,8,10,14H2,1-2H3,(H,21,22)/b13-12+/t15-,17+/m1/s1. The van der Waals surface area contributed by atoms with Gasteiger partial charge in [-0.3, -0.25) is 4.79 Å². The summed E-state index contributed by atoms with van der Waals surface area (Å²) in [5.74, 6) is 0.398. The molecule has 2 rings (SSSR count). The molecular weight excluding hydrogens is 318 g/mol. The Morgan fingerprint density at radius 2 is 2.00 bits per heavy atom. The molecular formula is C20H27NO4. The second kappa shape index (κ2) is 9.87. The van der Waals surface area contributed by atoms with Crippen LogP contribution in [0.15, 0.2) is 30.3 Å². The average molecular weight is 345 g/mol. The van der Waals surface area contributed by atoms with Crippen LogP contribution >= 0.6 is 0 Å². The molecule has 1 saturated carbocycles. The van der Waals surface area contributed by atoms with E-state index in [4.69, 9.17) is 9.47 Å². The Balaban J connectivity index is 1.79. The van der Waals surface area contributed by atoms with Crippen LogP contribution in [0.2, 0.25) is 0 Å². The highest BCUT2D eigenvalue weighted by Gasteiger charge is 2.22. The van der Waals surface area contributed by atoms with Crippen LogP contribution in [0.4, 0.5) is 0 Å². The summed E-state index contributed by atoms with van der Waals surface area (Å²) >= 11 is 0. The van der Waals surface area contributed by atoms with E-state index in [-0.39, 0.29) is 18.6 Å². The molecule has 0 bridgehead atoms. The fourth-order valence-corrected chi connectivity index (χ4v) is 3.03. The largest absolute Gasteiger partial charge is 0.493 e. The van der Waals surface area contributed by atoms with Crippen molar-refractivity contribution in [3.8, 4) is 5.75 Å². The van der Waals surface area contributed by atoms with Crippen molar-refractivity contribution in [2.24, 2.45) is 5.92 Å². The molecule has 0 aliphatic heterocycles. The summed E-state index contributed by atoms with van der Waals surface area (Å²) in [7, 11) is 0. The van der Waals surface area contributed by atoms with E-state index in [9.17, 15) is 9.59 Å². The van der Waals surface area contributed by atoms with Gasteiger partial charge in [0, 0.05) is 17.7 Å². The second-order valence-electron chi connectivity index (χ2n) is 6.35. The third-order valence-electron chi connectivity index (χ3n) is 4.42. The molecule has 0 radical (unpaired) electrons. The lowest BCUT2D eigenvalue weighted by Crippen LogP contribution is -2.42. The van der Waals surface area contributed by atoms with Crippen molar-refractivity contribution in [2.75, 3.05) is 13.2 Å². The van der Waals surface area contributed by atoms with Gasteiger partial charge < -0.3 is 14.8 Å². The monoisotopic (exact) mass is 345 g/mol. The van der Waals surface area contributed by atoms with E-state index >= 15 is 0 Å². The molecule has 1 aromatic rings. The van der Waals surface area contributed by atoms with Crippen molar-refractivity contribution in [1.82, 2.24) is 5.32 Å². The summed E-state index contributed by atoms with van der Waals surface area (Å²) in [6.45, 7) is 4.35.